The normalized spacial score (nSPS) is 17.9. The molecule has 0 spiro atoms. The van der Waals surface area contributed by atoms with Crippen LogP contribution in [0.25, 0.3) is 0 Å². The fraction of sp³-hybridized carbons (Fsp3) is 0.533. The molecule has 104 valence electrons. The fourth-order valence-electron chi connectivity index (χ4n) is 2.66. The van der Waals surface area contributed by atoms with Crippen molar-refractivity contribution in [2.45, 2.75) is 32.4 Å². The molecule has 2 rings (SSSR count). The molecule has 0 unspecified atom stereocenters. The highest BCUT2D eigenvalue weighted by atomic mass is 15.2. The second-order valence-corrected chi connectivity index (χ2v) is 5.04. The van der Waals surface area contributed by atoms with E-state index < -0.39 is 0 Å². The lowest BCUT2D eigenvalue weighted by Crippen LogP contribution is -2.47. The van der Waals surface area contributed by atoms with E-state index in [1.54, 1.807) is 7.05 Å². The highest BCUT2D eigenvalue weighted by Crippen LogP contribution is 2.20. The third-order valence-electron chi connectivity index (χ3n) is 3.91. The monoisotopic (exact) mass is 260 g/mol. The van der Waals surface area contributed by atoms with Crippen LogP contribution in [0.1, 0.15) is 24.5 Å². The minimum Gasteiger partial charge on any atom is -0.370 e. The SMILES string of the molecule is CC[C@@H](CNC(N)=NC)N1CCc2ccccc2C1. The Labute approximate surface area is 115 Å². The molecular formula is C15H24N4. The van der Waals surface area contributed by atoms with Gasteiger partial charge in [0.05, 0.1) is 0 Å². The lowest BCUT2D eigenvalue weighted by atomic mass is 9.98. The molecule has 4 heteroatoms. The van der Waals surface area contributed by atoms with Crippen molar-refractivity contribution < 1.29 is 0 Å². The molecule has 1 heterocycles. The third-order valence-corrected chi connectivity index (χ3v) is 3.91. The van der Waals surface area contributed by atoms with Crippen molar-refractivity contribution in [3.63, 3.8) is 0 Å². The van der Waals surface area contributed by atoms with Gasteiger partial charge in [0.25, 0.3) is 0 Å². The van der Waals surface area contributed by atoms with Crippen LogP contribution in [0.2, 0.25) is 0 Å². The summed E-state index contributed by atoms with van der Waals surface area (Å²) in [6, 6.07) is 9.25. The number of nitrogens with zero attached hydrogens (tertiary/aromatic N) is 2. The van der Waals surface area contributed by atoms with Crippen LogP contribution in [0.4, 0.5) is 0 Å². The Bertz CT molecular complexity index is 442. The van der Waals surface area contributed by atoms with E-state index in [0.29, 0.717) is 12.0 Å². The van der Waals surface area contributed by atoms with Crippen molar-refractivity contribution in [3.05, 3.63) is 35.4 Å². The lowest BCUT2D eigenvalue weighted by molar-refractivity contribution is 0.174. The van der Waals surface area contributed by atoms with Gasteiger partial charge in [0.2, 0.25) is 0 Å². The Hall–Kier alpha value is -1.55. The van der Waals surface area contributed by atoms with Crippen molar-refractivity contribution >= 4 is 5.96 Å². The Morgan fingerprint density at radius 1 is 1.42 bits per heavy atom. The van der Waals surface area contributed by atoms with Crippen molar-refractivity contribution in [2.75, 3.05) is 20.1 Å². The highest BCUT2D eigenvalue weighted by Gasteiger charge is 2.21. The smallest absolute Gasteiger partial charge is 0.188 e. The van der Waals surface area contributed by atoms with Crippen LogP contribution in [-0.4, -0.2) is 37.0 Å². The van der Waals surface area contributed by atoms with Crippen LogP contribution < -0.4 is 11.1 Å². The second kappa shape index (κ2) is 6.57. The first kappa shape index (κ1) is 13.9. The molecular weight excluding hydrogens is 236 g/mol. The van der Waals surface area contributed by atoms with E-state index in [1.165, 1.54) is 11.1 Å². The minimum atomic E-state index is 0.508. The Kier molecular flexibility index (Phi) is 4.80. The van der Waals surface area contributed by atoms with E-state index in [0.717, 1.165) is 32.5 Å². The van der Waals surface area contributed by atoms with Crippen LogP contribution in [0.15, 0.2) is 29.3 Å². The summed E-state index contributed by atoms with van der Waals surface area (Å²) >= 11 is 0. The first-order valence-electron chi connectivity index (χ1n) is 7.01. The van der Waals surface area contributed by atoms with Gasteiger partial charge in [-0.3, -0.25) is 9.89 Å². The summed E-state index contributed by atoms with van der Waals surface area (Å²) in [4.78, 5) is 6.48. The Balaban J connectivity index is 1.98. The van der Waals surface area contributed by atoms with E-state index in [-0.39, 0.29) is 0 Å². The number of hydrogen-bond acceptors (Lipinski definition) is 2. The van der Waals surface area contributed by atoms with Crippen LogP contribution in [0.3, 0.4) is 0 Å². The van der Waals surface area contributed by atoms with Gasteiger partial charge >= 0.3 is 0 Å². The Morgan fingerprint density at radius 2 is 2.16 bits per heavy atom. The van der Waals surface area contributed by atoms with Crippen molar-refractivity contribution in [3.8, 4) is 0 Å². The van der Waals surface area contributed by atoms with Crippen molar-refractivity contribution in [1.29, 1.82) is 0 Å². The molecule has 0 saturated carbocycles. The third kappa shape index (κ3) is 3.47. The first-order valence-corrected chi connectivity index (χ1v) is 7.01. The van der Waals surface area contributed by atoms with E-state index in [2.05, 4.69) is 46.4 Å². The zero-order valence-electron chi connectivity index (χ0n) is 11.9. The number of guanidine groups is 1. The van der Waals surface area contributed by atoms with Crippen LogP contribution in [0, 0.1) is 0 Å². The molecule has 0 aromatic heterocycles. The summed E-state index contributed by atoms with van der Waals surface area (Å²) in [5, 5.41) is 3.19. The fourth-order valence-corrected chi connectivity index (χ4v) is 2.66. The standard InChI is InChI=1S/C15H24N4/c1-3-14(10-18-15(16)17-2)19-9-8-12-6-4-5-7-13(12)11-19/h4-7,14H,3,8-11H2,1-2H3,(H3,16,17,18)/t14-/m0/s1. The van der Waals surface area contributed by atoms with Crippen LogP contribution in [-0.2, 0) is 13.0 Å². The number of benzene rings is 1. The first-order chi connectivity index (χ1) is 9.24. The molecule has 0 bridgehead atoms. The summed E-state index contributed by atoms with van der Waals surface area (Å²) in [5.41, 5.74) is 8.66. The molecule has 0 fully saturated rings. The average Bonchev–Trinajstić information content (AvgIpc) is 2.47. The zero-order valence-corrected chi connectivity index (χ0v) is 11.9. The summed E-state index contributed by atoms with van der Waals surface area (Å²) in [6.45, 7) is 5.26. The Morgan fingerprint density at radius 3 is 2.84 bits per heavy atom. The van der Waals surface area contributed by atoms with Crippen molar-refractivity contribution in [1.82, 2.24) is 10.2 Å². The summed E-state index contributed by atoms with van der Waals surface area (Å²) < 4.78 is 0. The van der Waals surface area contributed by atoms with Gasteiger partial charge in [0.15, 0.2) is 5.96 Å². The molecule has 0 radical (unpaired) electrons. The molecule has 1 aromatic rings. The van der Waals surface area contributed by atoms with E-state index in [4.69, 9.17) is 5.73 Å². The number of aliphatic imine (C=N–C) groups is 1. The lowest BCUT2D eigenvalue weighted by Gasteiger charge is -2.35. The van der Waals surface area contributed by atoms with Crippen molar-refractivity contribution in [2.24, 2.45) is 10.7 Å². The van der Waals surface area contributed by atoms with Gasteiger partial charge in [-0.1, -0.05) is 31.2 Å². The molecule has 0 aliphatic carbocycles. The molecule has 3 N–H and O–H groups in total. The molecule has 1 aromatic carbocycles. The number of nitrogens with two attached hydrogens (primary N) is 1. The van der Waals surface area contributed by atoms with Gasteiger partial charge in [-0.2, -0.15) is 0 Å². The van der Waals surface area contributed by atoms with Gasteiger partial charge < -0.3 is 11.1 Å². The quantitative estimate of drug-likeness (QED) is 0.635. The minimum absolute atomic E-state index is 0.508. The van der Waals surface area contributed by atoms with Gasteiger partial charge in [0, 0.05) is 32.7 Å². The van der Waals surface area contributed by atoms with Crippen LogP contribution >= 0.6 is 0 Å². The predicted octanol–water partition coefficient (Wildman–Crippen LogP) is 1.36. The highest BCUT2D eigenvalue weighted by molar-refractivity contribution is 5.77. The number of fused-ring (bicyclic) bond motifs is 1. The molecule has 1 atom stereocenters. The zero-order chi connectivity index (χ0) is 13.7. The van der Waals surface area contributed by atoms with Crippen LogP contribution in [0.5, 0.6) is 0 Å². The summed E-state index contributed by atoms with van der Waals surface area (Å²) in [5.74, 6) is 0.524. The van der Waals surface area contributed by atoms with E-state index in [1.807, 2.05) is 0 Å². The maximum atomic E-state index is 5.70. The number of hydrogen-bond donors (Lipinski definition) is 2. The maximum absolute atomic E-state index is 5.70. The second-order valence-electron chi connectivity index (χ2n) is 5.04. The average molecular weight is 260 g/mol. The largest absolute Gasteiger partial charge is 0.370 e. The van der Waals surface area contributed by atoms with Gasteiger partial charge in [-0.15, -0.1) is 0 Å². The van der Waals surface area contributed by atoms with E-state index in [9.17, 15) is 0 Å². The summed E-state index contributed by atoms with van der Waals surface area (Å²) in [6.07, 6.45) is 2.26. The van der Waals surface area contributed by atoms with Gasteiger partial charge in [-0.05, 0) is 24.0 Å². The van der Waals surface area contributed by atoms with Gasteiger partial charge in [0.1, 0.15) is 0 Å². The molecule has 19 heavy (non-hydrogen) atoms. The number of nitrogens with one attached hydrogen (secondary N) is 1. The molecule has 4 nitrogen and oxygen atoms in total. The maximum Gasteiger partial charge on any atom is 0.188 e. The molecule has 0 saturated heterocycles. The molecule has 1 aliphatic rings. The molecule has 1 aliphatic heterocycles. The van der Waals surface area contributed by atoms with E-state index >= 15 is 0 Å². The summed E-state index contributed by atoms with van der Waals surface area (Å²) in [7, 11) is 1.71. The van der Waals surface area contributed by atoms with Gasteiger partial charge in [-0.25, -0.2) is 0 Å². The topological polar surface area (TPSA) is 53.6 Å². The molecule has 0 amide bonds. The predicted molar refractivity (Wildman–Crippen MR) is 80.2 cm³/mol. The number of rotatable bonds is 4.